The van der Waals surface area contributed by atoms with Gasteiger partial charge in [-0.05, 0) is 25.7 Å². The summed E-state index contributed by atoms with van der Waals surface area (Å²) in [5.41, 5.74) is 5.67. The molecule has 2 aliphatic heterocycles. The molecule has 0 aromatic carbocycles. The first-order chi connectivity index (χ1) is 9.72. The number of nitrogens with two attached hydrogens (primary N) is 1. The summed E-state index contributed by atoms with van der Waals surface area (Å²) in [5.74, 6) is 0.834. The van der Waals surface area contributed by atoms with Crippen molar-refractivity contribution in [2.45, 2.75) is 48.2 Å². The summed E-state index contributed by atoms with van der Waals surface area (Å²) in [6.07, 6.45) is 4.16. The summed E-state index contributed by atoms with van der Waals surface area (Å²) in [6, 6.07) is 0. The number of nitrogens with zero attached hydrogens (tertiary/aromatic N) is 3. The van der Waals surface area contributed by atoms with E-state index < -0.39 is 0 Å². The molecule has 1 unspecified atom stereocenters. The monoisotopic (exact) mass is 298 g/mol. The third-order valence-electron chi connectivity index (χ3n) is 4.23. The second-order valence-electron chi connectivity index (χ2n) is 5.54. The maximum absolute atomic E-state index is 6.07. The Morgan fingerprint density at radius 3 is 2.85 bits per heavy atom. The SMILES string of the molecule is Cn1c(CN)nnc1SC1CCOC2(CCOCC2)C1. The lowest BCUT2D eigenvalue weighted by Gasteiger charge is -2.42. The maximum Gasteiger partial charge on any atom is 0.191 e. The maximum atomic E-state index is 6.07. The van der Waals surface area contributed by atoms with Gasteiger partial charge in [0.2, 0.25) is 0 Å². The molecule has 1 aromatic heterocycles. The van der Waals surface area contributed by atoms with Crippen LogP contribution in [0.2, 0.25) is 0 Å². The number of ether oxygens (including phenoxy) is 2. The van der Waals surface area contributed by atoms with Crippen molar-refractivity contribution < 1.29 is 9.47 Å². The Labute approximate surface area is 123 Å². The van der Waals surface area contributed by atoms with Gasteiger partial charge in [0.25, 0.3) is 0 Å². The smallest absolute Gasteiger partial charge is 0.191 e. The van der Waals surface area contributed by atoms with E-state index in [-0.39, 0.29) is 5.60 Å². The summed E-state index contributed by atoms with van der Waals surface area (Å²) < 4.78 is 13.5. The van der Waals surface area contributed by atoms with E-state index in [1.165, 1.54) is 0 Å². The van der Waals surface area contributed by atoms with Crippen molar-refractivity contribution in [1.82, 2.24) is 14.8 Å². The van der Waals surface area contributed by atoms with Crippen LogP contribution >= 0.6 is 11.8 Å². The van der Waals surface area contributed by atoms with Crippen LogP contribution in [0.15, 0.2) is 5.16 Å². The summed E-state index contributed by atoms with van der Waals surface area (Å²) in [6.45, 7) is 2.90. The van der Waals surface area contributed by atoms with Crippen LogP contribution in [0.5, 0.6) is 0 Å². The van der Waals surface area contributed by atoms with Gasteiger partial charge in [0.1, 0.15) is 5.82 Å². The molecule has 1 atom stereocenters. The van der Waals surface area contributed by atoms with Crippen molar-refractivity contribution in [1.29, 1.82) is 0 Å². The van der Waals surface area contributed by atoms with Crippen LogP contribution in [0.25, 0.3) is 0 Å². The van der Waals surface area contributed by atoms with Crippen LogP contribution in [0, 0.1) is 0 Å². The minimum atomic E-state index is 0.0312. The van der Waals surface area contributed by atoms with Crippen molar-refractivity contribution in [3.8, 4) is 0 Å². The highest BCUT2D eigenvalue weighted by atomic mass is 32.2. The van der Waals surface area contributed by atoms with E-state index in [1.807, 2.05) is 23.4 Å². The molecule has 20 heavy (non-hydrogen) atoms. The summed E-state index contributed by atoms with van der Waals surface area (Å²) in [5, 5.41) is 9.86. The van der Waals surface area contributed by atoms with Crippen molar-refractivity contribution in [2.24, 2.45) is 12.8 Å². The molecule has 7 heteroatoms. The van der Waals surface area contributed by atoms with Crippen molar-refractivity contribution in [3.63, 3.8) is 0 Å². The van der Waals surface area contributed by atoms with E-state index in [2.05, 4.69) is 10.2 Å². The molecule has 6 nitrogen and oxygen atoms in total. The third-order valence-corrected chi connectivity index (χ3v) is 5.53. The molecule has 2 aliphatic rings. The van der Waals surface area contributed by atoms with E-state index in [4.69, 9.17) is 15.2 Å². The Bertz CT molecular complexity index is 454. The van der Waals surface area contributed by atoms with Crippen LogP contribution < -0.4 is 5.73 Å². The zero-order valence-corrected chi connectivity index (χ0v) is 12.7. The summed E-state index contributed by atoms with van der Waals surface area (Å²) in [7, 11) is 1.98. The molecule has 3 heterocycles. The standard InChI is InChI=1S/C13H22N4O2S/c1-17-11(9-14)15-16-12(17)20-10-2-5-19-13(8-10)3-6-18-7-4-13/h10H,2-9,14H2,1H3. The van der Waals surface area contributed by atoms with Gasteiger partial charge in [-0.1, -0.05) is 11.8 Å². The zero-order valence-electron chi connectivity index (χ0n) is 11.9. The average molecular weight is 298 g/mol. The number of hydrogen-bond donors (Lipinski definition) is 1. The quantitative estimate of drug-likeness (QED) is 0.900. The topological polar surface area (TPSA) is 75.2 Å². The number of thioether (sulfide) groups is 1. The molecule has 2 N–H and O–H groups in total. The molecule has 0 aliphatic carbocycles. The fraction of sp³-hybridized carbons (Fsp3) is 0.846. The van der Waals surface area contributed by atoms with Crippen LogP contribution in [0.4, 0.5) is 0 Å². The molecule has 112 valence electrons. The van der Waals surface area contributed by atoms with Crippen molar-refractivity contribution in [3.05, 3.63) is 5.82 Å². The van der Waals surface area contributed by atoms with Crippen LogP contribution in [0.3, 0.4) is 0 Å². The number of rotatable bonds is 3. The van der Waals surface area contributed by atoms with Crippen molar-refractivity contribution in [2.75, 3.05) is 19.8 Å². The fourth-order valence-corrected chi connectivity index (χ4v) is 4.20. The molecule has 0 saturated carbocycles. The molecule has 0 radical (unpaired) electrons. The van der Waals surface area contributed by atoms with E-state index in [1.54, 1.807) is 0 Å². The first kappa shape index (κ1) is 14.3. The second kappa shape index (κ2) is 6.01. The summed E-state index contributed by atoms with van der Waals surface area (Å²) in [4.78, 5) is 0. The van der Waals surface area contributed by atoms with Crippen molar-refractivity contribution >= 4 is 11.8 Å². The van der Waals surface area contributed by atoms with Crippen LogP contribution in [0.1, 0.15) is 31.5 Å². The van der Waals surface area contributed by atoms with Crippen LogP contribution in [-0.4, -0.2) is 45.4 Å². The zero-order chi connectivity index (χ0) is 14.0. The fourth-order valence-electron chi connectivity index (χ4n) is 2.95. The molecule has 2 saturated heterocycles. The van der Waals surface area contributed by atoms with E-state index in [0.29, 0.717) is 11.8 Å². The Hall–Kier alpha value is -0.630. The van der Waals surface area contributed by atoms with E-state index in [0.717, 1.165) is 56.5 Å². The van der Waals surface area contributed by atoms with Gasteiger partial charge in [0.05, 0.1) is 12.1 Å². The lowest BCUT2D eigenvalue weighted by atomic mass is 9.86. The molecule has 0 amide bonds. The minimum absolute atomic E-state index is 0.0312. The van der Waals surface area contributed by atoms with Gasteiger partial charge < -0.3 is 19.8 Å². The lowest BCUT2D eigenvalue weighted by Crippen LogP contribution is -2.45. The normalized spacial score (nSPS) is 26.0. The Balaban J connectivity index is 1.66. The first-order valence-electron chi connectivity index (χ1n) is 7.19. The van der Waals surface area contributed by atoms with Gasteiger partial charge in [-0.25, -0.2) is 0 Å². The predicted molar refractivity (Wildman–Crippen MR) is 76.5 cm³/mol. The van der Waals surface area contributed by atoms with Gasteiger partial charge in [-0.3, -0.25) is 0 Å². The average Bonchev–Trinajstić information content (AvgIpc) is 2.80. The molecule has 0 bridgehead atoms. The van der Waals surface area contributed by atoms with Crippen LogP contribution in [-0.2, 0) is 23.1 Å². The minimum Gasteiger partial charge on any atom is -0.381 e. The third kappa shape index (κ3) is 2.86. The lowest BCUT2D eigenvalue weighted by molar-refractivity contribution is -0.131. The molecular formula is C13H22N4O2S. The number of aromatic nitrogens is 3. The van der Waals surface area contributed by atoms with E-state index >= 15 is 0 Å². The highest BCUT2D eigenvalue weighted by Crippen LogP contribution is 2.40. The number of hydrogen-bond acceptors (Lipinski definition) is 6. The Morgan fingerprint density at radius 2 is 2.15 bits per heavy atom. The Morgan fingerprint density at radius 1 is 1.35 bits per heavy atom. The van der Waals surface area contributed by atoms with Gasteiger partial charge in [-0.2, -0.15) is 0 Å². The molecular weight excluding hydrogens is 276 g/mol. The van der Waals surface area contributed by atoms with Gasteiger partial charge in [-0.15, -0.1) is 10.2 Å². The second-order valence-corrected chi connectivity index (χ2v) is 6.81. The molecule has 1 spiro atoms. The molecule has 1 aromatic rings. The summed E-state index contributed by atoms with van der Waals surface area (Å²) >= 11 is 1.81. The van der Waals surface area contributed by atoms with Gasteiger partial charge in [0.15, 0.2) is 5.16 Å². The first-order valence-corrected chi connectivity index (χ1v) is 8.07. The van der Waals surface area contributed by atoms with E-state index in [9.17, 15) is 0 Å². The largest absolute Gasteiger partial charge is 0.381 e. The van der Waals surface area contributed by atoms with Gasteiger partial charge in [0, 0.05) is 32.1 Å². The predicted octanol–water partition coefficient (Wildman–Crippen LogP) is 1.09. The molecule has 2 fully saturated rings. The Kier molecular flexibility index (Phi) is 4.30. The highest BCUT2D eigenvalue weighted by Gasteiger charge is 2.39. The highest BCUT2D eigenvalue weighted by molar-refractivity contribution is 7.99. The van der Waals surface area contributed by atoms with Gasteiger partial charge >= 0.3 is 0 Å². The molecule has 3 rings (SSSR count).